The fourth-order valence-corrected chi connectivity index (χ4v) is 6.77. The number of cyclic esters (lactones) is 1. The number of esters is 1. The van der Waals surface area contributed by atoms with E-state index >= 15 is 0 Å². The molecule has 1 atom stereocenters. The summed E-state index contributed by atoms with van der Waals surface area (Å²) in [4.78, 5) is 39.9. The van der Waals surface area contributed by atoms with Crippen molar-refractivity contribution in [1.29, 1.82) is 0 Å². The van der Waals surface area contributed by atoms with Gasteiger partial charge in [0.15, 0.2) is 11.0 Å². The maximum Gasteiger partial charge on any atom is 0.343 e. The lowest BCUT2D eigenvalue weighted by atomic mass is 9.72. The largest absolute Gasteiger partial charge is 0.458 e. The molecule has 0 aliphatic carbocycles. The summed E-state index contributed by atoms with van der Waals surface area (Å²) in [5.74, 6) is -1.27. The van der Waals surface area contributed by atoms with Gasteiger partial charge in [-0.2, -0.15) is 0 Å². The summed E-state index contributed by atoms with van der Waals surface area (Å²) in [6, 6.07) is 4.39. The Bertz CT molecular complexity index is 1630. The Morgan fingerprint density at radius 1 is 1.11 bits per heavy atom. The van der Waals surface area contributed by atoms with Crippen LogP contribution < -0.4 is 11.0 Å². The zero-order chi connectivity index (χ0) is 25.0. The first-order valence-corrected chi connectivity index (χ1v) is 12.4. The van der Waals surface area contributed by atoms with E-state index in [0.717, 1.165) is 23.9 Å². The molecule has 3 aromatic rings. The van der Waals surface area contributed by atoms with Gasteiger partial charge in [0, 0.05) is 30.7 Å². The van der Waals surface area contributed by atoms with Crippen molar-refractivity contribution in [2.45, 2.75) is 57.9 Å². The Labute approximate surface area is 204 Å². The van der Waals surface area contributed by atoms with Gasteiger partial charge in [-0.3, -0.25) is 9.59 Å². The summed E-state index contributed by atoms with van der Waals surface area (Å²) < 4.78 is 29.2. The van der Waals surface area contributed by atoms with Gasteiger partial charge in [0.2, 0.25) is 0 Å². The topological polar surface area (TPSA) is 99.8 Å². The molecule has 4 aliphatic heterocycles. The second-order valence-electron chi connectivity index (χ2n) is 10.6. The van der Waals surface area contributed by atoms with Crippen molar-refractivity contribution in [1.82, 2.24) is 9.13 Å². The maximum atomic E-state index is 14.8. The number of hydrogen-bond acceptors (Lipinski definition) is 6. The molecule has 4 aliphatic rings. The molecule has 0 amide bonds. The third-order valence-electron chi connectivity index (χ3n) is 8.73. The van der Waals surface area contributed by atoms with Crippen molar-refractivity contribution in [3.8, 4) is 11.3 Å². The molecule has 1 fully saturated rings. The Kier molecular flexibility index (Phi) is 4.35. The fraction of sp³-hybridized carbons (Fsp3) is 0.444. The normalized spacial score (nSPS) is 23.4. The van der Waals surface area contributed by atoms with Crippen LogP contribution >= 0.6 is 0 Å². The van der Waals surface area contributed by atoms with E-state index in [9.17, 15) is 23.9 Å². The van der Waals surface area contributed by atoms with Crippen molar-refractivity contribution in [3.63, 3.8) is 0 Å². The highest BCUT2D eigenvalue weighted by molar-refractivity contribution is 5.90. The molecule has 6 heterocycles. The van der Waals surface area contributed by atoms with Crippen molar-refractivity contribution < 1.29 is 23.8 Å². The van der Waals surface area contributed by atoms with E-state index in [4.69, 9.17) is 9.47 Å². The molecule has 0 unspecified atom stereocenters. The van der Waals surface area contributed by atoms with Crippen molar-refractivity contribution in [2.24, 2.45) is 5.41 Å². The number of aliphatic hydroxyl groups is 1. The minimum Gasteiger partial charge on any atom is -0.458 e. The van der Waals surface area contributed by atoms with Crippen LogP contribution in [-0.2, 0) is 46.0 Å². The van der Waals surface area contributed by atoms with E-state index in [1.807, 2.05) is 0 Å². The van der Waals surface area contributed by atoms with E-state index in [1.54, 1.807) is 13.0 Å². The predicted molar refractivity (Wildman–Crippen MR) is 127 cm³/mol. The van der Waals surface area contributed by atoms with Gasteiger partial charge in [0.1, 0.15) is 12.4 Å². The lowest BCUT2D eigenvalue weighted by Gasteiger charge is -2.42. The minimum absolute atomic E-state index is 0.0235. The zero-order valence-corrected chi connectivity index (χ0v) is 19.9. The van der Waals surface area contributed by atoms with Gasteiger partial charge in [-0.05, 0) is 54.9 Å². The van der Waals surface area contributed by atoms with Crippen molar-refractivity contribution in [2.75, 3.05) is 13.2 Å². The summed E-state index contributed by atoms with van der Waals surface area (Å²) in [5, 5.41) is 11.4. The molecule has 0 bridgehead atoms. The number of hydrogen-bond donors (Lipinski definition) is 1. The molecule has 7 rings (SSSR count). The number of pyridine rings is 2. The van der Waals surface area contributed by atoms with E-state index < -0.39 is 22.9 Å². The van der Waals surface area contributed by atoms with Crippen molar-refractivity contribution in [3.05, 3.63) is 67.0 Å². The highest BCUT2D eigenvalue weighted by atomic mass is 19.1. The van der Waals surface area contributed by atoms with Gasteiger partial charge in [-0.1, -0.05) is 6.92 Å². The van der Waals surface area contributed by atoms with Crippen LogP contribution in [0.25, 0.3) is 22.2 Å². The first-order valence-electron chi connectivity index (χ1n) is 12.4. The number of carbonyl (C=O) groups is 1. The Morgan fingerprint density at radius 3 is 2.64 bits per heavy atom. The summed E-state index contributed by atoms with van der Waals surface area (Å²) in [7, 11) is 0. The third-order valence-corrected chi connectivity index (χ3v) is 8.73. The first-order chi connectivity index (χ1) is 17.3. The number of benzene rings is 1. The molecule has 0 radical (unpaired) electrons. The van der Waals surface area contributed by atoms with Gasteiger partial charge in [0.25, 0.3) is 5.56 Å². The quantitative estimate of drug-likeness (QED) is 0.410. The highest BCUT2D eigenvalue weighted by Gasteiger charge is 2.46. The predicted octanol–water partition coefficient (Wildman–Crippen LogP) is 2.34. The number of rotatable bonds is 1. The number of carbonyl (C=O) groups excluding carboxylic acids is 1. The number of nitrogens with zero attached hydrogens (tertiary/aromatic N) is 2. The van der Waals surface area contributed by atoms with Crippen LogP contribution in [0.15, 0.2) is 27.8 Å². The molecule has 1 aromatic carbocycles. The average Bonchev–Trinajstić information content (AvgIpc) is 3.25. The van der Waals surface area contributed by atoms with E-state index in [-0.39, 0.29) is 46.9 Å². The molecule has 1 saturated heterocycles. The van der Waals surface area contributed by atoms with Crippen LogP contribution in [0.4, 0.5) is 4.39 Å². The molecule has 186 valence electrons. The number of ether oxygens (including phenoxy) is 2. The molecule has 0 saturated carbocycles. The monoisotopic (exact) mass is 492 g/mol. The number of fused-ring (bicyclic) bond motifs is 5. The molecule has 8 nitrogen and oxygen atoms in total. The van der Waals surface area contributed by atoms with E-state index in [1.165, 1.54) is 16.7 Å². The van der Waals surface area contributed by atoms with Crippen molar-refractivity contribution >= 4 is 16.9 Å². The third kappa shape index (κ3) is 2.67. The Morgan fingerprint density at radius 2 is 1.89 bits per heavy atom. The summed E-state index contributed by atoms with van der Waals surface area (Å²) >= 11 is 0. The zero-order valence-electron chi connectivity index (χ0n) is 19.9. The van der Waals surface area contributed by atoms with Crippen LogP contribution in [0.5, 0.6) is 0 Å². The highest BCUT2D eigenvalue weighted by Crippen LogP contribution is 2.45. The first kappa shape index (κ1) is 21.9. The van der Waals surface area contributed by atoms with Crippen LogP contribution in [0.1, 0.15) is 48.6 Å². The summed E-state index contributed by atoms with van der Waals surface area (Å²) in [6.45, 7) is 3.51. The smallest absolute Gasteiger partial charge is 0.343 e. The molecule has 2 aromatic heterocycles. The van der Waals surface area contributed by atoms with Gasteiger partial charge in [0.05, 0.1) is 34.6 Å². The summed E-state index contributed by atoms with van der Waals surface area (Å²) in [6.07, 6.45) is 2.35. The van der Waals surface area contributed by atoms with E-state index in [2.05, 4.69) is 4.57 Å². The van der Waals surface area contributed by atoms with E-state index in [0.29, 0.717) is 43.1 Å². The van der Waals surface area contributed by atoms with Gasteiger partial charge in [-0.25, -0.2) is 9.18 Å². The number of aromatic nitrogens is 2. The van der Waals surface area contributed by atoms with Gasteiger partial charge in [-0.15, -0.1) is 0 Å². The fourth-order valence-electron chi connectivity index (χ4n) is 6.77. The second kappa shape index (κ2) is 7.14. The standard InChI is InChI=1S/C27H25FN2O6/c1-2-27(34)18-9-19-21-20(11-29(19)24(32)17(18)12-36-25(27)33)30-13-26(3-5-35-6-4-26)10-14-7-15(28)8-16(22(14)30)23(21)31/h7-9,34H,2-6,10-13H2,1H3/t27-/m0/s1. The van der Waals surface area contributed by atoms with Crippen LogP contribution in [-0.4, -0.2) is 33.4 Å². The molecular weight excluding hydrogens is 467 g/mol. The molecule has 1 N–H and O–H groups in total. The molecular formula is C27H25FN2O6. The molecule has 9 heteroatoms. The average molecular weight is 493 g/mol. The molecule has 1 spiro atoms. The van der Waals surface area contributed by atoms with Crippen LogP contribution in [0.3, 0.4) is 0 Å². The van der Waals surface area contributed by atoms with Crippen LogP contribution in [0, 0.1) is 11.2 Å². The Hall–Kier alpha value is -3.30. The van der Waals surface area contributed by atoms with Gasteiger partial charge < -0.3 is 23.7 Å². The lowest BCUT2D eigenvalue weighted by Crippen LogP contribution is -2.44. The maximum absolute atomic E-state index is 14.8. The summed E-state index contributed by atoms with van der Waals surface area (Å²) in [5.41, 5.74) is 0.520. The van der Waals surface area contributed by atoms with Crippen LogP contribution in [0.2, 0.25) is 0 Å². The minimum atomic E-state index is -1.96. The Balaban J connectivity index is 1.54. The second-order valence-corrected chi connectivity index (χ2v) is 10.6. The molecule has 36 heavy (non-hydrogen) atoms. The SMILES string of the molecule is CC[C@@]1(O)C(=O)OCc2c1cc1n(c2=O)Cc2c-1c(=O)c1cc(F)cc3c1n2CC1(CCOCC1)C3. The number of halogens is 1. The van der Waals surface area contributed by atoms with Gasteiger partial charge >= 0.3 is 5.97 Å². The lowest BCUT2D eigenvalue weighted by molar-refractivity contribution is -0.172.